The predicted molar refractivity (Wildman–Crippen MR) is 39.9 cm³/mol. The largest absolute Gasteiger partial charge is 0.467 e. The van der Waals surface area contributed by atoms with Crippen LogP contribution in [0.4, 0.5) is 4.79 Å². The first-order valence-corrected chi connectivity index (χ1v) is 3.40. The zero-order valence-electron chi connectivity index (χ0n) is 6.99. The Morgan fingerprint density at radius 1 is 1.58 bits per heavy atom. The van der Waals surface area contributed by atoms with E-state index in [1.807, 2.05) is 5.48 Å². The summed E-state index contributed by atoms with van der Waals surface area (Å²) in [7, 11) is 1.23. The average molecular weight is 176 g/mol. The Kier molecular flexibility index (Phi) is 4.78. The summed E-state index contributed by atoms with van der Waals surface area (Å²) in [5.74, 6) is -0.550. The zero-order chi connectivity index (χ0) is 9.56. The first kappa shape index (κ1) is 10.7. The number of nitrogens with two attached hydrogens (primary N) is 1. The molecule has 1 unspecified atom stereocenters. The van der Waals surface area contributed by atoms with E-state index in [1.165, 1.54) is 7.11 Å². The quantitative estimate of drug-likeness (QED) is 0.448. The highest BCUT2D eigenvalue weighted by Gasteiger charge is 2.18. The lowest BCUT2D eigenvalue weighted by molar-refractivity contribution is -0.157. The number of hydrogen-bond donors (Lipinski definition) is 2. The number of carbonyl (C=O) groups excluding carboxylic acids is 2. The summed E-state index contributed by atoms with van der Waals surface area (Å²) in [4.78, 5) is 25.6. The number of primary amides is 1. The normalized spacial score (nSPS) is 11.8. The molecule has 70 valence electrons. The topological polar surface area (TPSA) is 90.6 Å². The third-order valence-electron chi connectivity index (χ3n) is 1.14. The average Bonchev–Trinajstić information content (AvgIpc) is 2.04. The van der Waals surface area contributed by atoms with Crippen molar-refractivity contribution in [2.45, 2.75) is 19.4 Å². The van der Waals surface area contributed by atoms with Gasteiger partial charge >= 0.3 is 12.0 Å². The van der Waals surface area contributed by atoms with Crippen molar-refractivity contribution in [2.24, 2.45) is 5.73 Å². The summed E-state index contributed by atoms with van der Waals surface area (Å²) in [5, 5.41) is 0. The molecule has 0 saturated heterocycles. The standard InChI is InChI=1S/C6H12N2O4/c1-3-4(5(9)11-2)12-8-6(7)10/h4H,3H2,1-2H3,(H3,7,8,10). The van der Waals surface area contributed by atoms with Gasteiger partial charge in [-0.15, -0.1) is 0 Å². The van der Waals surface area contributed by atoms with Crippen LogP contribution in [0.2, 0.25) is 0 Å². The van der Waals surface area contributed by atoms with Crippen molar-refractivity contribution in [3.63, 3.8) is 0 Å². The van der Waals surface area contributed by atoms with Crippen LogP contribution in [0, 0.1) is 0 Å². The van der Waals surface area contributed by atoms with E-state index < -0.39 is 18.1 Å². The minimum Gasteiger partial charge on any atom is -0.467 e. The van der Waals surface area contributed by atoms with Crippen LogP contribution in [0.3, 0.4) is 0 Å². The molecule has 0 aromatic rings. The summed E-state index contributed by atoms with van der Waals surface area (Å²) in [6.07, 6.45) is -0.407. The number of carbonyl (C=O) groups is 2. The molecule has 0 spiro atoms. The molecule has 0 aromatic carbocycles. The Hall–Kier alpha value is -1.30. The molecule has 0 radical (unpaired) electrons. The van der Waals surface area contributed by atoms with Crippen LogP contribution in [0.15, 0.2) is 0 Å². The first-order chi connectivity index (χ1) is 5.61. The van der Waals surface area contributed by atoms with E-state index >= 15 is 0 Å². The van der Waals surface area contributed by atoms with E-state index in [2.05, 4.69) is 9.57 Å². The van der Waals surface area contributed by atoms with Crippen molar-refractivity contribution >= 4 is 12.0 Å². The minimum absolute atomic E-state index is 0.396. The molecular formula is C6H12N2O4. The van der Waals surface area contributed by atoms with Crippen LogP contribution in [-0.2, 0) is 14.4 Å². The number of nitrogens with one attached hydrogen (secondary N) is 1. The molecule has 6 heteroatoms. The van der Waals surface area contributed by atoms with E-state index in [-0.39, 0.29) is 0 Å². The third-order valence-corrected chi connectivity index (χ3v) is 1.14. The second-order valence-corrected chi connectivity index (χ2v) is 2.00. The highest BCUT2D eigenvalue weighted by Crippen LogP contribution is 1.97. The maximum atomic E-state index is 10.8. The maximum Gasteiger partial charge on any atom is 0.337 e. The third kappa shape index (κ3) is 3.77. The van der Waals surface area contributed by atoms with E-state index in [9.17, 15) is 9.59 Å². The van der Waals surface area contributed by atoms with Gasteiger partial charge in [0, 0.05) is 0 Å². The van der Waals surface area contributed by atoms with E-state index in [4.69, 9.17) is 5.73 Å². The minimum atomic E-state index is -0.850. The molecular weight excluding hydrogens is 164 g/mol. The second kappa shape index (κ2) is 5.36. The highest BCUT2D eigenvalue weighted by molar-refractivity contribution is 5.75. The molecule has 3 N–H and O–H groups in total. The van der Waals surface area contributed by atoms with Crippen LogP contribution in [0.1, 0.15) is 13.3 Å². The molecule has 12 heavy (non-hydrogen) atoms. The summed E-state index contributed by atoms with van der Waals surface area (Å²) in [6.45, 7) is 1.71. The Morgan fingerprint density at radius 3 is 2.50 bits per heavy atom. The number of methoxy groups -OCH3 is 1. The number of ether oxygens (including phenoxy) is 1. The van der Waals surface area contributed by atoms with Gasteiger partial charge < -0.3 is 10.5 Å². The van der Waals surface area contributed by atoms with Crippen LogP contribution in [-0.4, -0.2) is 25.2 Å². The van der Waals surface area contributed by atoms with Gasteiger partial charge in [0.05, 0.1) is 7.11 Å². The second-order valence-electron chi connectivity index (χ2n) is 2.00. The van der Waals surface area contributed by atoms with Gasteiger partial charge in [-0.2, -0.15) is 0 Å². The molecule has 0 heterocycles. The number of amides is 2. The van der Waals surface area contributed by atoms with Crippen LogP contribution in [0.25, 0.3) is 0 Å². The SMILES string of the molecule is CCC(ONC(N)=O)C(=O)OC. The number of hydroxylamine groups is 1. The molecule has 2 amide bonds. The van der Waals surface area contributed by atoms with Gasteiger partial charge in [-0.3, -0.25) is 4.84 Å². The highest BCUT2D eigenvalue weighted by atomic mass is 16.7. The van der Waals surface area contributed by atoms with Crippen molar-refractivity contribution in [3.05, 3.63) is 0 Å². The molecule has 0 aliphatic carbocycles. The van der Waals surface area contributed by atoms with E-state index in [0.717, 1.165) is 0 Å². The van der Waals surface area contributed by atoms with Crippen molar-refractivity contribution in [2.75, 3.05) is 7.11 Å². The Bertz CT molecular complexity index is 171. The van der Waals surface area contributed by atoms with Crippen LogP contribution < -0.4 is 11.2 Å². The molecule has 0 aromatic heterocycles. The van der Waals surface area contributed by atoms with Gasteiger partial charge in [-0.1, -0.05) is 6.92 Å². The summed E-state index contributed by atoms with van der Waals surface area (Å²) in [6, 6.07) is -0.850. The summed E-state index contributed by atoms with van der Waals surface area (Å²) >= 11 is 0. The Balaban J connectivity index is 3.83. The fourth-order valence-electron chi connectivity index (χ4n) is 0.559. The van der Waals surface area contributed by atoms with Crippen LogP contribution >= 0.6 is 0 Å². The summed E-state index contributed by atoms with van der Waals surface area (Å²) < 4.78 is 4.38. The molecule has 0 fully saturated rings. The number of hydrogen-bond acceptors (Lipinski definition) is 4. The zero-order valence-corrected chi connectivity index (χ0v) is 6.99. The molecule has 0 rings (SSSR count). The molecule has 6 nitrogen and oxygen atoms in total. The number of esters is 1. The van der Waals surface area contributed by atoms with Gasteiger partial charge in [0.1, 0.15) is 0 Å². The lowest BCUT2D eigenvalue weighted by Crippen LogP contribution is -2.37. The Labute approximate surface area is 70.0 Å². The summed E-state index contributed by atoms with van der Waals surface area (Å²) in [5.41, 5.74) is 6.56. The van der Waals surface area contributed by atoms with Crippen molar-refractivity contribution in [1.82, 2.24) is 5.48 Å². The fraction of sp³-hybridized carbons (Fsp3) is 0.667. The fourth-order valence-corrected chi connectivity index (χ4v) is 0.559. The lowest BCUT2D eigenvalue weighted by atomic mass is 10.3. The molecule has 0 saturated carbocycles. The van der Waals surface area contributed by atoms with E-state index in [0.29, 0.717) is 6.42 Å². The molecule has 1 atom stereocenters. The smallest absolute Gasteiger partial charge is 0.337 e. The van der Waals surface area contributed by atoms with Gasteiger partial charge in [0.15, 0.2) is 6.10 Å². The Morgan fingerprint density at radius 2 is 2.17 bits per heavy atom. The first-order valence-electron chi connectivity index (χ1n) is 3.40. The van der Waals surface area contributed by atoms with Gasteiger partial charge in [-0.05, 0) is 6.42 Å². The maximum absolute atomic E-state index is 10.8. The van der Waals surface area contributed by atoms with Crippen molar-refractivity contribution in [3.8, 4) is 0 Å². The number of urea groups is 1. The van der Waals surface area contributed by atoms with Gasteiger partial charge in [-0.25, -0.2) is 15.1 Å². The van der Waals surface area contributed by atoms with Gasteiger partial charge in [0.25, 0.3) is 0 Å². The lowest BCUT2D eigenvalue weighted by Gasteiger charge is -2.11. The number of rotatable bonds is 4. The van der Waals surface area contributed by atoms with Crippen molar-refractivity contribution < 1.29 is 19.2 Å². The predicted octanol–water partition coefficient (Wildman–Crippen LogP) is -0.462. The van der Waals surface area contributed by atoms with E-state index in [1.54, 1.807) is 6.92 Å². The monoisotopic (exact) mass is 176 g/mol. The molecule has 0 bridgehead atoms. The van der Waals surface area contributed by atoms with Gasteiger partial charge in [0.2, 0.25) is 0 Å². The van der Waals surface area contributed by atoms with Crippen molar-refractivity contribution in [1.29, 1.82) is 0 Å². The molecule has 0 aliphatic rings. The molecule has 0 aliphatic heterocycles. The van der Waals surface area contributed by atoms with Crippen LogP contribution in [0.5, 0.6) is 0 Å².